The molecule has 0 saturated carbocycles. The summed E-state index contributed by atoms with van der Waals surface area (Å²) in [4.78, 5) is 11.9. The monoisotopic (exact) mass is 210 g/mol. The zero-order chi connectivity index (χ0) is 9.97. The van der Waals surface area contributed by atoms with E-state index < -0.39 is 0 Å². The molecule has 0 bridgehead atoms. The minimum atomic E-state index is 0.122. The first kappa shape index (κ1) is 9.77. The first-order valence-electron chi connectivity index (χ1n) is 4.89. The lowest BCUT2D eigenvalue weighted by atomic mass is 9.94. The summed E-state index contributed by atoms with van der Waals surface area (Å²) in [5.41, 5.74) is 2.29. The Labute approximate surface area is 87.5 Å². The van der Waals surface area contributed by atoms with E-state index in [-0.39, 0.29) is 5.56 Å². The number of rotatable bonds is 2. The molecule has 0 amide bonds. The van der Waals surface area contributed by atoms with Gasteiger partial charge in [0.25, 0.3) is 5.56 Å². The Morgan fingerprint density at radius 1 is 1.50 bits per heavy atom. The first-order chi connectivity index (χ1) is 6.83. The van der Waals surface area contributed by atoms with Crippen molar-refractivity contribution in [2.24, 2.45) is 0 Å². The minimum absolute atomic E-state index is 0.122. The summed E-state index contributed by atoms with van der Waals surface area (Å²) in [6.45, 7) is 0. The van der Waals surface area contributed by atoms with Crippen LogP contribution in [0, 0.1) is 0 Å². The standard InChI is InChI=1S/C10H14N2OS/c1-14-7-12-10(13)9-5-3-2-4-8(9)6-11-12/h6H,2-5,7H2,1H3. The van der Waals surface area contributed by atoms with E-state index in [1.54, 1.807) is 16.4 Å². The van der Waals surface area contributed by atoms with E-state index >= 15 is 0 Å². The van der Waals surface area contributed by atoms with Crippen LogP contribution in [0.1, 0.15) is 24.0 Å². The maximum absolute atomic E-state index is 11.9. The van der Waals surface area contributed by atoms with Gasteiger partial charge in [-0.15, -0.1) is 11.8 Å². The molecule has 1 aromatic heterocycles. The number of nitrogens with zero attached hydrogens (tertiary/aromatic N) is 2. The van der Waals surface area contributed by atoms with E-state index in [0.717, 1.165) is 24.8 Å². The van der Waals surface area contributed by atoms with Crippen LogP contribution in [-0.2, 0) is 18.7 Å². The summed E-state index contributed by atoms with van der Waals surface area (Å²) in [6, 6.07) is 0. The number of aromatic nitrogens is 2. The third-order valence-corrected chi connectivity index (χ3v) is 3.11. The van der Waals surface area contributed by atoms with E-state index in [1.165, 1.54) is 12.0 Å². The van der Waals surface area contributed by atoms with Gasteiger partial charge >= 0.3 is 0 Å². The number of hydrogen-bond donors (Lipinski definition) is 0. The second kappa shape index (κ2) is 4.17. The molecule has 0 fully saturated rings. The zero-order valence-electron chi connectivity index (χ0n) is 8.32. The lowest BCUT2D eigenvalue weighted by Gasteiger charge is -2.15. The van der Waals surface area contributed by atoms with E-state index in [0.29, 0.717) is 5.88 Å². The van der Waals surface area contributed by atoms with Crippen LogP contribution in [0.4, 0.5) is 0 Å². The van der Waals surface area contributed by atoms with E-state index in [1.807, 2.05) is 12.5 Å². The highest BCUT2D eigenvalue weighted by Gasteiger charge is 2.14. The topological polar surface area (TPSA) is 34.9 Å². The first-order valence-corrected chi connectivity index (χ1v) is 6.29. The van der Waals surface area contributed by atoms with Crippen molar-refractivity contribution in [2.45, 2.75) is 31.6 Å². The van der Waals surface area contributed by atoms with Crippen molar-refractivity contribution in [3.05, 3.63) is 27.7 Å². The summed E-state index contributed by atoms with van der Waals surface area (Å²) in [7, 11) is 0. The Bertz CT molecular complexity index is 386. The number of fused-ring (bicyclic) bond motifs is 1. The fourth-order valence-corrected chi connectivity index (χ4v) is 2.31. The van der Waals surface area contributed by atoms with Gasteiger partial charge in [0.2, 0.25) is 0 Å². The predicted molar refractivity (Wildman–Crippen MR) is 58.7 cm³/mol. The third kappa shape index (κ3) is 1.71. The van der Waals surface area contributed by atoms with Gasteiger partial charge in [-0.25, -0.2) is 4.68 Å². The minimum Gasteiger partial charge on any atom is -0.267 e. The molecule has 2 rings (SSSR count). The Hall–Kier alpha value is -0.770. The molecule has 14 heavy (non-hydrogen) atoms. The molecule has 0 radical (unpaired) electrons. The normalized spacial score (nSPS) is 15.2. The quantitative estimate of drug-likeness (QED) is 0.741. The fourth-order valence-electron chi connectivity index (χ4n) is 1.88. The number of thioether (sulfide) groups is 1. The number of hydrogen-bond acceptors (Lipinski definition) is 3. The van der Waals surface area contributed by atoms with Crippen molar-refractivity contribution in [1.29, 1.82) is 0 Å². The Morgan fingerprint density at radius 3 is 3.07 bits per heavy atom. The maximum Gasteiger partial charge on any atom is 0.271 e. The average molecular weight is 210 g/mol. The fraction of sp³-hybridized carbons (Fsp3) is 0.600. The van der Waals surface area contributed by atoms with Crippen LogP contribution < -0.4 is 5.56 Å². The second-order valence-corrected chi connectivity index (χ2v) is 4.41. The molecule has 0 spiro atoms. The van der Waals surface area contributed by atoms with Crippen LogP contribution in [0.15, 0.2) is 11.0 Å². The van der Waals surface area contributed by atoms with Gasteiger partial charge in [0.15, 0.2) is 0 Å². The van der Waals surface area contributed by atoms with Crippen LogP contribution in [0.3, 0.4) is 0 Å². The van der Waals surface area contributed by atoms with Crippen molar-refractivity contribution in [2.75, 3.05) is 6.26 Å². The molecule has 0 saturated heterocycles. The van der Waals surface area contributed by atoms with E-state index in [9.17, 15) is 4.79 Å². The van der Waals surface area contributed by atoms with Gasteiger partial charge in [-0.05, 0) is 37.5 Å². The van der Waals surface area contributed by atoms with Crippen LogP contribution in [0.25, 0.3) is 0 Å². The van der Waals surface area contributed by atoms with Crippen molar-refractivity contribution in [1.82, 2.24) is 9.78 Å². The van der Waals surface area contributed by atoms with Crippen molar-refractivity contribution in [3.8, 4) is 0 Å². The molecule has 0 aromatic carbocycles. The summed E-state index contributed by atoms with van der Waals surface area (Å²) in [5.74, 6) is 0.659. The van der Waals surface area contributed by atoms with Crippen LogP contribution in [0.2, 0.25) is 0 Å². The molecule has 3 nitrogen and oxygen atoms in total. The summed E-state index contributed by atoms with van der Waals surface area (Å²) < 4.78 is 1.56. The van der Waals surface area contributed by atoms with Gasteiger partial charge in [-0.1, -0.05) is 0 Å². The van der Waals surface area contributed by atoms with Crippen molar-refractivity contribution in [3.63, 3.8) is 0 Å². The van der Waals surface area contributed by atoms with Crippen LogP contribution >= 0.6 is 11.8 Å². The van der Waals surface area contributed by atoms with Gasteiger partial charge in [-0.2, -0.15) is 5.10 Å². The van der Waals surface area contributed by atoms with Gasteiger partial charge in [0.05, 0.1) is 12.1 Å². The van der Waals surface area contributed by atoms with Crippen molar-refractivity contribution >= 4 is 11.8 Å². The SMILES string of the molecule is CSCn1ncc2c(c1=O)CCCC2. The third-order valence-electron chi connectivity index (χ3n) is 2.61. The molecule has 1 heterocycles. The van der Waals surface area contributed by atoms with Gasteiger partial charge in [0, 0.05) is 5.56 Å². The van der Waals surface area contributed by atoms with E-state index in [4.69, 9.17) is 0 Å². The van der Waals surface area contributed by atoms with Gasteiger partial charge in [-0.3, -0.25) is 4.79 Å². The maximum atomic E-state index is 11.9. The lowest BCUT2D eigenvalue weighted by Crippen LogP contribution is -2.28. The molecular formula is C10H14N2OS. The molecular weight excluding hydrogens is 196 g/mol. The molecule has 4 heteroatoms. The highest BCUT2D eigenvalue weighted by Crippen LogP contribution is 2.16. The molecule has 0 unspecified atom stereocenters. The Morgan fingerprint density at radius 2 is 2.29 bits per heavy atom. The summed E-state index contributed by atoms with van der Waals surface area (Å²) in [6.07, 6.45) is 8.15. The zero-order valence-corrected chi connectivity index (χ0v) is 9.14. The van der Waals surface area contributed by atoms with Gasteiger partial charge < -0.3 is 0 Å². The second-order valence-electron chi connectivity index (χ2n) is 3.58. The Kier molecular flexibility index (Phi) is 2.91. The molecule has 0 atom stereocenters. The van der Waals surface area contributed by atoms with Crippen molar-refractivity contribution < 1.29 is 0 Å². The van der Waals surface area contributed by atoms with Gasteiger partial charge in [0.1, 0.15) is 0 Å². The molecule has 76 valence electrons. The van der Waals surface area contributed by atoms with E-state index in [2.05, 4.69) is 5.10 Å². The highest BCUT2D eigenvalue weighted by atomic mass is 32.2. The summed E-state index contributed by atoms with van der Waals surface area (Å²) in [5, 5.41) is 4.16. The Balaban J connectivity index is 2.44. The summed E-state index contributed by atoms with van der Waals surface area (Å²) >= 11 is 1.62. The van der Waals surface area contributed by atoms with Crippen LogP contribution in [-0.4, -0.2) is 16.0 Å². The van der Waals surface area contributed by atoms with Crippen LogP contribution in [0.5, 0.6) is 0 Å². The molecule has 1 aliphatic rings. The molecule has 0 N–H and O–H groups in total. The smallest absolute Gasteiger partial charge is 0.267 e. The predicted octanol–water partition coefficient (Wildman–Crippen LogP) is 1.44. The largest absolute Gasteiger partial charge is 0.271 e. The lowest BCUT2D eigenvalue weighted by molar-refractivity contribution is 0.618. The highest BCUT2D eigenvalue weighted by molar-refractivity contribution is 7.97. The average Bonchev–Trinajstić information content (AvgIpc) is 2.23. The molecule has 1 aliphatic carbocycles. The molecule has 1 aromatic rings. The number of aryl methyl sites for hydroxylation is 1. The molecule has 0 aliphatic heterocycles.